The number of rotatable bonds is 3. The van der Waals surface area contributed by atoms with Crippen LogP contribution in [0, 0.1) is 18.3 Å². The van der Waals surface area contributed by atoms with E-state index in [9.17, 15) is 9.90 Å². The van der Waals surface area contributed by atoms with E-state index in [4.69, 9.17) is 10.00 Å². The standard InChI is InChI=1S/C12H13NO3/c1-3-16-12(15)6-9-10(7-13)8(2)4-5-11(9)14/h4-5,14H,3,6H2,1-2H3. The molecule has 0 aliphatic rings. The van der Waals surface area contributed by atoms with E-state index >= 15 is 0 Å². The van der Waals surface area contributed by atoms with Crippen molar-refractivity contribution in [3.8, 4) is 11.8 Å². The Morgan fingerprint density at radius 1 is 1.56 bits per heavy atom. The Kier molecular flexibility index (Phi) is 3.90. The Morgan fingerprint density at radius 3 is 2.81 bits per heavy atom. The van der Waals surface area contributed by atoms with Crippen LogP contribution in [0.3, 0.4) is 0 Å². The summed E-state index contributed by atoms with van der Waals surface area (Å²) in [6.45, 7) is 3.75. The van der Waals surface area contributed by atoms with Gasteiger partial charge >= 0.3 is 5.97 Å². The molecule has 0 radical (unpaired) electrons. The van der Waals surface area contributed by atoms with Crippen molar-refractivity contribution in [1.29, 1.82) is 5.26 Å². The lowest BCUT2D eigenvalue weighted by Crippen LogP contribution is -2.09. The van der Waals surface area contributed by atoms with Gasteiger partial charge in [0.05, 0.1) is 24.7 Å². The Morgan fingerprint density at radius 2 is 2.25 bits per heavy atom. The number of ether oxygens (including phenoxy) is 1. The fourth-order valence-corrected chi connectivity index (χ4v) is 1.44. The van der Waals surface area contributed by atoms with Crippen LogP contribution in [-0.2, 0) is 16.0 Å². The zero-order valence-electron chi connectivity index (χ0n) is 9.28. The van der Waals surface area contributed by atoms with Crippen LogP contribution in [0.5, 0.6) is 5.75 Å². The molecule has 1 N–H and O–H groups in total. The topological polar surface area (TPSA) is 70.3 Å². The first-order valence-electron chi connectivity index (χ1n) is 4.97. The Balaban J connectivity index is 3.08. The third-order valence-corrected chi connectivity index (χ3v) is 2.23. The first-order valence-corrected chi connectivity index (χ1v) is 4.97. The number of hydrogen-bond acceptors (Lipinski definition) is 4. The van der Waals surface area contributed by atoms with E-state index in [2.05, 4.69) is 0 Å². The highest BCUT2D eigenvalue weighted by atomic mass is 16.5. The maximum absolute atomic E-state index is 11.3. The molecule has 0 fully saturated rings. The molecule has 0 saturated carbocycles. The molecule has 1 rings (SSSR count). The number of aromatic hydroxyl groups is 1. The second-order valence-corrected chi connectivity index (χ2v) is 3.35. The Bertz CT molecular complexity index is 446. The monoisotopic (exact) mass is 219 g/mol. The zero-order valence-corrected chi connectivity index (χ0v) is 9.28. The van der Waals surface area contributed by atoms with Crippen LogP contribution in [0.1, 0.15) is 23.6 Å². The largest absolute Gasteiger partial charge is 0.508 e. The Labute approximate surface area is 94.1 Å². The molecule has 0 heterocycles. The average molecular weight is 219 g/mol. The van der Waals surface area contributed by atoms with Gasteiger partial charge in [-0.3, -0.25) is 4.79 Å². The number of nitrogens with zero attached hydrogens (tertiary/aromatic N) is 1. The predicted molar refractivity (Wildman–Crippen MR) is 57.9 cm³/mol. The van der Waals surface area contributed by atoms with Crippen LogP contribution >= 0.6 is 0 Å². The number of phenols is 1. The molecule has 0 spiro atoms. The van der Waals surface area contributed by atoms with Crippen LogP contribution in [0.15, 0.2) is 12.1 Å². The SMILES string of the molecule is CCOC(=O)Cc1c(O)ccc(C)c1C#N. The number of benzene rings is 1. The molecule has 0 unspecified atom stereocenters. The van der Waals surface area contributed by atoms with Gasteiger partial charge in [-0.2, -0.15) is 5.26 Å². The van der Waals surface area contributed by atoms with E-state index in [1.807, 2.05) is 6.07 Å². The second kappa shape index (κ2) is 5.17. The van der Waals surface area contributed by atoms with Gasteiger partial charge in [0.2, 0.25) is 0 Å². The van der Waals surface area contributed by atoms with Crippen LogP contribution in [0.25, 0.3) is 0 Å². The fraction of sp³-hybridized carbons (Fsp3) is 0.333. The third-order valence-electron chi connectivity index (χ3n) is 2.23. The maximum atomic E-state index is 11.3. The van der Waals surface area contributed by atoms with Crippen molar-refractivity contribution in [1.82, 2.24) is 0 Å². The van der Waals surface area contributed by atoms with Crippen molar-refractivity contribution in [3.63, 3.8) is 0 Å². The van der Waals surface area contributed by atoms with Crippen molar-refractivity contribution in [2.24, 2.45) is 0 Å². The highest BCUT2D eigenvalue weighted by molar-refractivity contribution is 5.75. The van der Waals surface area contributed by atoms with E-state index < -0.39 is 5.97 Å². The molecule has 1 aromatic carbocycles. The smallest absolute Gasteiger partial charge is 0.310 e. The van der Waals surface area contributed by atoms with Crippen LogP contribution in [-0.4, -0.2) is 17.7 Å². The van der Waals surface area contributed by atoms with Gasteiger partial charge in [-0.25, -0.2) is 0 Å². The van der Waals surface area contributed by atoms with Gasteiger partial charge in [0.25, 0.3) is 0 Å². The molecule has 0 bridgehead atoms. The molecule has 4 heteroatoms. The maximum Gasteiger partial charge on any atom is 0.310 e. The summed E-state index contributed by atoms with van der Waals surface area (Å²) < 4.78 is 4.78. The molecule has 0 aliphatic carbocycles. The van der Waals surface area contributed by atoms with Gasteiger partial charge in [-0.15, -0.1) is 0 Å². The lowest BCUT2D eigenvalue weighted by Gasteiger charge is -2.08. The molecule has 0 saturated heterocycles. The normalized spacial score (nSPS) is 9.56. The quantitative estimate of drug-likeness (QED) is 0.785. The number of carbonyl (C=O) groups excluding carboxylic acids is 1. The number of esters is 1. The van der Waals surface area contributed by atoms with Gasteiger partial charge in [-0.05, 0) is 25.5 Å². The van der Waals surface area contributed by atoms with Crippen molar-refractivity contribution < 1.29 is 14.6 Å². The summed E-state index contributed by atoms with van der Waals surface area (Å²) >= 11 is 0. The van der Waals surface area contributed by atoms with Crippen LogP contribution in [0.2, 0.25) is 0 Å². The molecule has 4 nitrogen and oxygen atoms in total. The fourth-order valence-electron chi connectivity index (χ4n) is 1.44. The predicted octanol–water partition coefficient (Wildman–Crippen LogP) is 1.68. The molecule has 16 heavy (non-hydrogen) atoms. The minimum Gasteiger partial charge on any atom is -0.508 e. The number of aryl methyl sites for hydroxylation is 1. The summed E-state index contributed by atoms with van der Waals surface area (Å²) in [5, 5.41) is 18.6. The summed E-state index contributed by atoms with van der Waals surface area (Å²) in [4.78, 5) is 11.3. The van der Waals surface area contributed by atoms with E-state index in [0.717, 1.165) is 5.56 Å². The van der Waals surface area contributed by atoms with Crippen LogP contribution in [0.4, 0.5) is 0 Å². The van der Waals surface area contributed by atoms with Crippen molar-refractivity contribution >= 4 is 5.97 Å². The first kappa shape index (κ1) is 12.1. The molecule has 0 amide bonds. The van der Waals surface area contributed by atoms with Gasteiger partial charge in [0, 0.05) is 5.56 Å². The highest BCUT2D eigenvalue weighted by Gasteiger charge is 2.14. The molecule has 84 valence electrons. The van der Waals surface area contributed by atoms with Gasteiger partial charge < -0.3 is 9.84 Å². The number of nitriles is 1. The molecule has 0 aromatic heterocycles. The molecular formula is C12H13NO3. The summed E-state index contributed by atoms with van der Waals surface area (Å²) in [5.74, 6) is -0.491. The van der Waals surface area contributed by atoms with Crippen molar-refractivity contribution in [3.05, 3.63) is 28.8 Å². The van der Waals surface area contributed by atoms with Crippen molar-refractivity contribution in [2.75, 3.05) is 6.61 Å². The van der Waals surface area contributed by atoms with Gasteiger partial charge in [0.15, 0.2) is 0 Å². The van der Waals surface area contributed by atoms with E-state index in [1.54, 1.807) is 19.9 Å². The zero-order chi connectivity index (χ0) is 12.1. The molecular weight excluding hydrogens is 206 g/mol. The lowest BCUT2D eigenvalue weighted by molar-refractivity contribution is -0.142. The van der Waals surface area contributed by atoms with E-state index in [0.29, 0.717) is 11.1 Å². The van der Waals surface area contributed by atoms with Gasteiger partial charge in [-0.1, -0.05) is 6.07 Å². The highest BCUT2D eigenvalue weighted by Crippen LogP contribution is 2.24. The summed E-state index contributed by atoms with van der Waals surface area (Å²) in [6.07, 6.45) is -0.0791. The Hall–Kier alpha value is -2.02. The van der Waals surface area contributed by atoms with E-state index in [1.165, 1.54) is 6.07 Å². The molecule has 0 aliphatic heterocycles. The van der Waals surface area contributed by atoms with E-state index in [-0.39, 0.29) is 18.8 Å². The number of hydrogen-bond donors (Lipinski definition) is 1. The lowest BCUT2D eigenvalue weighted by atomic mass is 9.99. The van der Waals surface area contributed by atoms with Gasteiger partial charge in [0.1, 0.15) is 5.75 Å². The minimum absolute atomic E-state index is 0.0461. The summed E-state index contributed by atoms with van der Waals surface area (Å²) in [5.41, 5.74) is 1.41. The minimum atomic E-state index is -0.445. The molecule has 1 aromatic rings. The number of carbonyl (C=O) groups is 1. The first-order chi connectivity index (χ1) is 7.60. The number of phenolic OH excluding ortho intramolecular Hbond substituents is 1. The average Bonchev–Trinajstić information content (AvgIpc) is 2.24. The third kappa shape index (κ3) is 2.51. The van der Waals surface area contributed by atoms with Crippen LogP contribution < -0.4 is 0 Å². The molecule has 0 atom stereocenters. The second-order valence-electron chi connectivity index (χ2n) is 3.35. The van der Waals surface area contributed by atoms with Crippen molar-refractivity contribution in [2.45, 2.75) is 20.3 Å². The summed E-state index contributed by atoms with van der Waals surface area (Å²) in [7, 11) is 0. The summed E-state index contributed by atoms with van der Waals surface area (Å²) in [6, 6.07) is 5.10.